The average Bonchev–Trinajstić information content (AvgIpc) is 3.05. The van der Waals surface area contributed by atoms with E-state index in [-0.39, 0.29) is 0 Å². The molecule has 2 heterocycles. The SMILES string of the molecule is Cc1ncc2ccccc2c1-c1ccc(-c2ccc(-c3nc(-c4ccccc4)nc(-c4ccccc4)n3)cc2)cc1. The molecule has 0 saturated carbocycles. The third-order valence-corrected chi connectivity index (χ3v) is 7.34. The molecule has 194 valence electrons. The Hall–Kier alpha value is -5.48. The maximum atomic E-state index is 4.85. The van der Waals surface area contributed by atoms with Crippen molar-refractivity contribution in [2.45, 2.75) is 6.92 Å². The number of rotatable bonds is 5. The Morgan fingerprint density at radius 3 is 1.34 bits per heavy atom. The molecule has 0 aliphatic heterocycles. The van der Waals surface area contributed by atoms with E-state index in [1.807, 2.05) is 66.9 Å². The Balaban J connectivity index is 1.23. The van der Waals surface area contributed by atoms with Gasteiger partial charge in [0.1, 0.15) is 0 Å². The summed E-state index contributed by atoms with van der Waals surface area (Å²) in [6, 6.07) is 45.6. The topological polar surface area (TPSA) is 51.6 Å². The number of aryl methyl sites for hydroxylation is 1. The van der Waals surface area contributed by atoms with Gasteiger partial charge in [0.15, 0.2) is 17.5 Å². The number of benzene rings is 5. The first-order valence-corrected chi connectivity index (χ1v) is 13.7. The molecule has 0 atom stereocenters. The van der Waals surface area contributed by atoms with Crippen LogP contribution in [0.4, 0.5) is 0 Å². The van der Waals surface area contributed by atoms with Crippen LogP contribution in [0.1, 0.15) is 5.69 Å². The molecule has 4 nitrogen and oxygen atoms in total. The van der Waals surface area contributed by atoms with Crippen LogP contribution in [0, 0.1) is 6.92 Å². The Labute approximate surface area is 239 Å². The summed E-state index contributed by atoms with van der Waals surface area (Å²) in [6.45, 7) is 2.07. The van der Waals surface area contributed by atoms with Gasteiger partial charge in [-0.3, -0.25) is 4.98 Å². The molecule has 5 aromatic carbocycles. The molecule has 2 aromatic heterocycles. The van der Waals surface area contributed by atoms with Gasteiger partial charge in [-0.05, 0) is 29.0 Å². The summed E-state index contributed by atoms with van der Waals surface area (Å²) in [5, 5.41) is 2.37. The predicted molar refractivity (Wildman–Crippen MR) is 167 cm³/mol. The van der Waals surface area contributed by atoms with E-state index in [0.29, 0.717) is 17.5 Å². The standard InChI is InChI=1S/C37H26N4/c1-25-34(33-15-9-8-14-32(33)24-38-25)28-20-16-26(17-21-28)27-18-22-31(23-19-27)37-40-35(29-10-4-2-5-11-29)39-36(41-37)30-12-6-3-7-13-30/h2-24H,1H3. The monoisotopic (exact) mass is 526 g/mol. The molecule has 0 aliphatic carbocycles. The van der Waals surface area contributed by atoms with E-state index >= 15 is 0 Å². The summed E-state index contributed by atoms with van der Waals surface area (Å²) >= 11 is 0. The molecule has 0 bridgehead atoms. The Kier molecular flexibility index (Phi) is 6.34. The zero-order valence-electron chi connectivity index (χ0n) is 22.6. The zero-order valence-corrected chi connectivity index (χ0v) is 22.6. The molecular weight excluding hydrogens is 500 g/mol. The van der Waals surface area contributed by atoms with Crippen LogP contribution in [0.3, 0.4) is 0 Å². The fraction of sp³-hybridized carbons (Fsp3) is 0.0270. The van der Waals surface area contributed by atoms with Gasteiger partial charge >= 0.3 is 0 Å². The van der Waals surface area contributed by atoms with E-state index in [4.69, 9.17) is 15.0 Å². The van der Waals surface area contributed by atoms with Gasteiger partial charge in [0, 0.05) is 39.5 Å². The zero-order chi connectivity index (χ0) is 27.6. The second-order valence-electron chi connectivity index (χ2n) is 10.00. The molecule has 0 unspecified atom stereocenters. The Morgan fingerprint density at radius 1 is 0.390 bits per heavy atom. The van der Waals surface area contributed by atoms with Gasteiger partial charge in [-0.2, -0.15) is 0 Å². The highest BCUT2D eigenvalue weighted by Gasteiger charge is 2.13. The number of aromatic nitrogens is 4. The van der Waals surface area contributed by atoms with Gasteiger partial charge < -0.3 is 0 Å². The number of hydrogen-bond acceptors (Lipinski definition) is 4. The van der Waals surface area contributed by atoms with Gasteiger partial charge in [-0.15, -0.1) is 0 Å². The molecule has 4 heteroatoms. The minimum atomic E-state index is 0.651. The van der Waals surface area contributed by atoms with Crippen LogP contribution in [0.5, 0.6) is 0 Å². The first-order valence-electron chi connectivity index (χ1n) is 13.7. The van der Waals surface area contributed by atoms with Crippen molar-refractivity contribution >= 4 is 10.8 Å². The molecule has 0 aliphatic rings. The van der Waals surface area contributed by atoms with E-state index < -0.39 is 0 Å². The Bertz CT molecular complexity index is 1910. The van der Waals surface area contributed by atoms with Crippen LogP contribution in [0.25, 0.3) is 67.2 Å². The van der Waals surface area contributed by atoms with Crippen LogP contribution in [0.15, 0.2) is 140 Å². The molecule has 0 spiro atoms. The lowest BCUT2D eigenvalue weighted by molar-refractivity contribution is 1.07. The van der Waals surface area contributed by atoms with Crippen molar-refractivity contribution in [3.8, 4) is 56.4 Å². The van der Waals surface area contributed by atoms with Crippen molar-refractivity contribution in [2.24, 2.45) is 0 Å². The van der Waals surface area contributed by atoms with Gasteiger partial charge in [-0.1, -0.05) is 133 Å². The van der Waals surface area contributed by atoms with Crippen molar-refractivity contribution in [2.75, 3.05) is 0 Å². The van der Waals surface area contributed by atoms with Crippen LogP contribution in [-0.2, 0) is 0 Å². The summed E-state index contributed by atoms with van der Waals surface area (Å²) in [7, 11) is 0. The summed E-state index contributed by atoms with van der Waals surface area (Å²) in [5.41, 5.74) is 8.53. The van der Waals surface area contributed by atoms with Crippen LogP contribution < -0.4 is 0 Å². The molecule has 0 radical (unpaired) electrons. The third kappa shape index (κ3) is 4.88. The molecule has 0 N–H and O–H groups in total. The van der Waals surface area contributed by atoms with Crippen LogP contribution in [-0.4, -0.2) is 19.9 Å². The number of pyridine rings is 1. The minimum absolute atomic E-state index is 0.651. The number of fused-ring (bicyclic) bond motifs is 1. The molecular formula is C37H26N4. The highest BCUT2D eigenvalue weighted by molar-refractivity contribution is 5.97. The lowest BCUT2D eigenvalue weighted by Gasteiger charge is -2.11. The molecule has 0 saturated heterocycles. The quantitative estimate of drug-likeness (QED) is 0.224. The number of nitrogens with zero attached hydrogens (tertiary/aromatic N) is 4. The Morgan fingerprint density at radius 2 is 0.805 bits per heavy atom. The van der Waals surface area contributed by atoms with E-state index in [1.165, 1.54) is 16.5 Å². The van der Waals surface area contributed by atoms with Crippen molar-refractivity contribution in [3.05, 3.63) is 145 Å². The van der Waals surface area contributed by atoms with Crippen molar-refractivity contribution < 1.29 is 0 Å². The van der Waals surface area contributed by atoms with E-state index in [2.05, 4.69) is 84.7 Å². The second-order valence-corrected chi connectivity index (χ2v) is 10.00. The maximum Gasteiger partial charge on any atom is 0.164 e. The highest BCUT2D eigenvalue weighted by atomic mass is 15.0. The van der Waals surface area contributed by atoms with E-state index in [9.17, 15) is 0 Å². The number of hydrogen-bond donors (Lipinski definition) is 0. The fourth-order valence-electron chi connectivity index (χ4n) is 5.21. The normalized spacial score (nSPS) is 11.0. The van der Waals surface area contributed by atoms with Crippen molar-refractivity contribution in [1.29, 1.82) is 0 Å². The lowest BCUT2D eigenvalue weighted by atomic mass is 9.95. The van der Waals surface area contributed by atoms with E-state index in [1.54, 1.807) is 0 Å². The average molecular weight is 527 g/mol. The second kappa shape index (κ2) is 10.6. The summed E-state index contributed by atoms with van der Waals surface area (Å²) in [4.78, 5) is 19.1. The summed E-state index contributed by atoms with van der Waals surface area (Å²) in [6.07, 6.45) is 1.95. The molecule has 0 fully saturated rings. The fourth-order valence-corrected chi connectivity index (χ4v) is 5.21. The largest absolute Gasteiger partial charge is 0.260 e. The van der Waals surface area contributed by atoms with Gasteiger partial charge in [0.05, 0.1) is 0 Å². The predicted octanol–water partition coefficient (Wildman–Crippen LogP) is 9.06. The summed E-state index contributed by atoms with van der Waals surface area (Å²) in [5.74, 6) is 1.97. The molecule has 7 rings (SSSR count). The minimum Gasteiger partial charge on any atom is -0.260 e. The molecule has 7 aromatic rings. The first kappa shape index (κ1) is 24.6. The smallest absolute Gasteiger partial charge is 0.164 e. The molecule has 41 heavy (non-hydrogen) atoms. The van der Waals surface area contributed by atoms with Crippen molar-refractivity contribution in [3.63, 3.8) is 0 Å². The van der Waals surface area contributed by atoms with Crippen molar-refractivity contribution in [1.82, 2.24) is 19.9 Å². The first-order chi connectivity index (χ1) is 20.2. The van der Waals surface area contributed by atoms with Gasteiger partial charge in [-0.25, -0.2) is 15.0 Å². The van der Waals surface area contributed by atoms with Crippen LogP contribution >= 0.6 is 0 Å². The lowest BCUT2D eigenvalue weighted by Crippen LogP contribution is -2.00. The summed E-state index contributed by atoms with van der Waals surface area (Å²) < 4.78 is 0. The highest BCUT2D eigenvalue weighted by Crippen LogP contribution is 2.33. The van der Waals surface area contributed by atoms with Gasteiger partial charge in [0.2, 0.25) is 0 Å². The van der Waals surface area contributed by atoms with Crippen LogP contribution in [0.2, 0.25) is 0 Å². The third-order valence-electron chi connectivity index (χ3n) is 7.34. The van der Waals surface area contributed by atoms with E-state index in [0.717, 1.165) is 38.9 Å². The maximum absolute atomic E-state index is 4.85. The van der Waals surface area contributed by atoms with Gasteiger partial charge in [0.25, 0.3) is 0 Å². The molecule has 0 amide bonds.